The van der Waals surface area contributed by atoms with Crippen LogP contribution in [0.4, 0.5) is 10.1 Å². The van der Waals surface area contributed by atoms with Crippen molar-refractivity contribution in [1.29, 1.82) is 0 Å². The first-order valence-corrected chi connectivity index (χ1v) is 12.0. The van der Waals surface area contributed by atoms with Gasteiger partial charge in [0.2, 0.25) is 0 Å². The Hall–Kier alpha value is -4.39. The molecule has 0 amide bonds. The van der Waals surface area contributed by atoms with Crippen molar-refractivity contribution in [3.05, 3.63) is 116 Å². The molecule has 36 heavy (non-hydrogen) atoms. The number of para-hydroxylation sites is 2. The molecule has 0 unspecified atom stereocenters. The van der Waals surface area contributed by atoms with Crippen molar-refractivity contribution >= 4 is 16.6 Å². The molecule has 180 valence electrons. The number of hydrogen-bond acceptors (Lipinski definition) is 3. The van der Waals surface area contributed by atoms with Gasteiger partial charge in [0, 0.05) is 19.7 Å². The Morgan fingerprint density at radius 3 is 2.31 bits per heavy atom. The normalized spacial score (nSPS) is 14.4. The van der Waals surface area contributed by atoms with Gasteiger partial charge in [0.25, 0.3) is 5.56 Å². The molecule has 0 radical (unpaired) electrons. The fourth-order valence-corrected chi connectivity index (χ4v) is 5.32. The molecule has 0 saturated carbocycles. The van der Waals surface area contributed by atoms with Gasteiger partial charge in [-0.05, 0) is 41.8 Å². The number of nitrogens with one attached hydrogen (secondary N) is 1. The van der Waals surface area contributed by atoms with Crippen molar-refractivity contribution < 1.29 is 4.39 Å². The summed E-state index contributed by atoms with van der Waals surface area (Å²) >= 11 is 0. The zero-order chi connectivity index (χ0) is 25.1. The van der Waals surface area contributed by atoms with Gasteiger partial charge in [-0.2, -0.15) is 0 Å². The number of aryl methyl sites for hydroxylation is 2. The number of aromatic nitrogens is 3. The number of halogens is 1. The first kappa shape index (κ1) is 22.1. The molecule has 1 N–H and O–H groups in total. The largest absolute Gasteiger partial charge is 0.371 e. The summed E-state index contributed by atoms with van der Waals surface area (Å²) in [5, 5.41) is 3.93. The predicted octanol–water partition coefficient (Wildman–Crippen LogP) is 4.91. The van der Waals surface area contributed by atoms with E-state index < -0.39 is 17.1 Å². The van der Waals surface area contributed by atoms with Crippen molar-refractivity contribution in [3.63, 3.8) is 0 Å². The van der Waals surface area contributed by atoms with Crippen LogP contribution in [0.3, 0.4) is 0 Å². The Kier molecular flexibility index (Phi) is 4.96. The molecule has 1 atom stereocenters. The van der Waals surface area contributed by atoms with Crippen LogP contribution in [0.5, 0.6) is 0 Å². The Bertz CT molecular complexity index is 1780. The topological polar surface area (TPSA) is 61.0 Å². The maximum absolute atomic E-state index is 15.3. The van der Waals surface area contributed by atoms with Gasteiger partial charge in [0.05, 0.1) is 39.7 Å². The smallest absolute Gasteiger partial charge is 0.331 e. The average molecular weight is 481 g/mol. The van der Waals surface area contributed by atoms with Crippen molar-refractivity contribution in [1.82, 2.24) is 13.7 Å². The molecule has 7 heteroatoms. The van der Waals surface area contributed by atoms with E-state index in [-0.39, 0.29) is 6.04 Å². The van der Waals surface area contributed by atoms with Crippen LogP contribution in [0, 0.1) is 5.82 Å². The Morgan fingerprint density at radius 1 is 0.889 bits per heavy atom. The highest BCUT2D eigenvalue weighted by Crippen LogP contribution is 2.45. The molecule has 0 spiro atoms. The molecule has 6 rings (SSSR count). The van der Waals surface area contributed by atoms with E-state index in [0.29, 0.717) is 22.2 Å². The molecule has 2 aromatic heterocycles. The summed E-state index contributed by atoms with van der Waals surface area (Å²) in [4.78, 5) is 26.8. The standard InChI is InChI=1S/C29H25FN4O2/c1-4-17-13-15-18(16-14-17)24-27-26-23(28(35)33(3)29(36)32(26)2)25(19-9-5-6-10-20(19)30)34(27)22-12-8-7-11-21(22)31-24/h5-16,24,31H,4H2,1-3H3/t24-/m1/s1. The van der Waals surface area contributed by atoms with E-state index in [1.54, 1.807) is 25.2 Å². The SMILES string of the molecule is CCc1ccc([C@H]2Nc3ccccc3-n3c(-c4ccccc4F)c4c(=O)n(C)c(=O)n(C)c4c32)cc1. The van der Waals surface area contributed by atoms with Crippen molar-refractivity contribution in [2.75, 3.05) is 5.32 Å². The Balaban J connectivity index is 1.84. The van der Waals surface area contributed by atoms with Crippen molar-refractivity contribution in [2.45, 2.75) is 19.4 Å². The van der Waals surface area contributed by atoms with Crippen LogP contribution in [0.25, 0.3) is 27.8 Å². The summed E-state index contributed by atoms with van der Waals surface area (Å²) in [5.74, 6) is -0.435. The lowest BCUT2D eigenvalue weighted by Gasteiger charge is -2.31. The number of benzene rings is 3. The molecule has 0 bridgehead atoms. The van der Waals surface area contributed by atoms with Crippen LogP contribution in [-0.4, -0.2) is 13.7 Å². The van der Waals surface area contributed by atoms with Crippen LogP contribution in [0.2, 0.25) is 0 Å². The van der Waals surface area contributed by atoms with E-state index in [2.05, 4.69) is 36.5 Å². The van der Waals surface area contributed by atoms with Gasteiger partial charge in [0.1, 0.15) is 5.82 Å². The monoisotopic (exact) mass is 480 g/mol. The summed E-state index contributed by atoms with van der Waals surface area (Å²) in [7, 11) is 3.12. The maximum Gasteiger partial charge on any atom is 0.331 e. The predicted molar refractivity (Wildman–Crippen MR) is 140 cm³/mol. The second-order valence-electron chi connectivity index (χ2n) is 9.17. The first-order valence-electron chi connectivity index (χ1n) is 12.0. The van der Waals surface area contributed by atoms with E-state index in [1.165, 1.54) is 23.2 Å². The molecule has 6 nitrogen and oxygen atoms in total. The summed E-state index contributed by atoms with van der Waals surface area (Å²) < 4.78 is 19.9. The molecular formula is C29H25FN4O2. The molecule has 0 aliphatic carbocycles. The molecule has 1 aliphatic rings. The van der Waals surface area contributed by atoms with Crippen LogP contribution >= 0.6 is 0 Å². The van der Waals surface area contributed by atoms with Crippen molar-refractivity contribution in [3.8, 4) is 16.9 Å². The molecule has 0 saturated heterocycles. The number of hydrogen-bond donors (Lipinski definition) is 1. The van der Waals surface area contributed by atoms with Crippen LogP contribution in [0.15, 0.2) is 82.4 Å². The zero-order valence-electron chi connectivity index (χ0n) is 20.2. The van der Waals surface area contributed by atoms with E-state index >= 15 is 4.39 Å². The van der Waals surface area contributed by atoms with Crippen LogP contribution in [-0.2, 0) is 20.5 Å². The molecular weight excluding hydrogens is 455 g/mol. The lowest BCUT2D eigenvalue weighted by molar-refractivity contribution is 0.630. The van der Waals surface area contributed by atoms with Gasteiger partial charge in [-0.1, -0.05) is 55.5 Å². The highest BCUT2D eigenvalue weighted by Gasteiger charge is 2.35. The average Bonchev–Trinajstić information content (AvgIpc) is 3.27. The molecule has 1 aliphatic heterocycles. The number of fused-ring (bicyclic) bond motifs is 5. The van der Waals surface area contributed by atoms with E-state index in [9.17, 15) is 9.59 Å². The highest BCUT2D eigenvalue weighted by molar-refractivity contribution is 5.99. The fourth-order valence-electron chi connectivity index (χ4n) is 5.32. The first-order chi connectivity index (χ1) is 17.4. The summed E-state index contributed by atoms with van der Waals surface area (Å²) in [5.41, 5.74) is 4.92. The summed E-state index contributed by atoms with van der Waals surface area (Å²) in [6, 6.07) is 22.1. The minimum absolute atomic E-state index is 0.307. The second kappa shape index (κ2) is 8.09. The summed E-state index contributed by atoms with van der Waals surface area (Å²) in [6.07, 6.45) is 0.919. The number of anilines is 1. The van der Waals surface area contributed by atoms with Crippen LogP contribution < -0.4 is 16.6 Å². The second-order valence-corrected chi connectivity index (χ2v) is 9.17. The molecule has 5 aromatic rings. The quantitative estimate of drug-likeness (QED) is 0.399. The fraction of sp³-hybridized carbons (Fsp3) is 0.172. The third-order valence-corrected chi connectivity index (χ3v) is 7.18. The molecule has 0 fully saturated rings. The molecule has 3 aromatic carbocycles. The lowest BCUT2D eigenvalue weighted by atomic mass is 9.98. The van der Waals surface area contributed by atoms with E-state index in [1.807, 2.05) is 28.8 Å². The van der Waals surface area contributed by atoms with Gasteiger partial charge in [-0.25, -0.2) is 9.18 Å². The number of rotatable bonds is 3. The van der Waals surface area contributed by atoms with Gasteiger partial charge in [0.15, 0.2) is 0 Å². The van der Waals surface area contributed by atoms with E-state index in [0.717, 1.165) is 33.6 Å². The molecule has 3 heterocycles. The lowest BCUT2D eigenvalue weighted by Crippen LogP contribution is -2.37. The third kappa shape index (κ3) is 3.02. The highest BCUT2D eigenvalue weighted by atomic mass is 19.1. The third-order valence-electron chi connectivity index (χ3n) is 7.18. The maximum atomic E-state index is 15.3. The van der Waals surface area contributed by atoms with Gasteiger partial charge >= 0.3 is 5.69 Å². The van der Waals surface area contributed by atoms with Gasteiger partial charge in [-0.15, -0.1) is 0 Å². The van der Waals surface area contributed by atoms with Gasteiger partial charge < -0.3 is 9.88 Å². The number of nitrogens with zero attached hydrogens (tertiary/aromatic N) is 3. The van der Waals surface area contributed by atoms with Crippen molar-refractivity contribution in [2.24, 2.45) is 14.1 Å². The minimum atomic E-state index is -0.453. The van der Waals surface area contributed by atoms with E-state index in [4.69, 9.17) is 0 Å². The summed E-state index contributed by atoms with van der Waals surface area (Å²) in [6.45, 7) is 2.11. The zero-order valence-corrected chi connectivity index (χ0v) is 20.2. The Morgan fingerprint density at radius 2 is 1.58 bits per heavy atom. The Labute approximate surface area is 206 Å². The van der Waals surface area contributed by atoms with Gasteiger partial charge in [-0.3, -0.25) is 13.9 Å². The van der Waals surface area contributed by atoms with Crippen LogP contribution in [0.1, 0.15) is 29.8 Å². The minimum Gasteiger partial charge on any atom is -0.371 e.